The summed E-state index contributed by atoms with van der Waals surface area (Å²) in [7, 11) is 2.94. The van der Waals surface area contributed by atoms with E-state index in [0.29, 0.717) is 25.7 Å². The van der Waals surface area contributed by atoms with Crippen molar-refractivity contribution in [3.8, 4) is 0 Å². The van der Waals surface area contributed by atoms with Gasteiger partial charge in [0.2, 0.25) is 0 Å². The molecule has 0 radical (unpaired) electrons. The van der Waals surface area contributed by atoms with Gasteiger partial charge in [-0.2, -0.15) is 0 Å². The number of esters is 1. The lowest BCUT2D eigenvalue weighted by Gasteiger charge is -2.51. The largest absolute Gasteiger partial charge is 0.460 e. The molecule has 0 amide bonds. The molecule has 3 saturated carbocycles. The first-order valence-corrected chi connectivity index (χ1v) is 20.2. The van der Waals surface area contributed by atoms with Crippen molar-refractivity contribution in [3.63, 3.8) is 0 Å². The molecule has 20 nitrogen and oxygen atoms in total. The van der Waals surface area contributed by atoms with Crippen molar-refractivity contribution in [1.29, 1.82) is 0 Å². The van der Waals surface area contributed by atoms with E-state index >= 15 is 0 Å². The predicted octanol–water partition coefficient (Wildman–Crippen LogP) is -4.29. The lowest BCUT2D eigenvalue weighted by molar-refractivity contribution is -0.347. The van der Waals surface area contributed by atoms with E-state index in [1.165, 1.54) is 20.3 Å². The highest BCUT2D eigenvalue weighted by molar-refractivity contribution is 5.81. The summed E-state index contributed by atoms with van der Waals surface area (Å²) in [6.07, 6.45) is -19.0. The molecule has 11 N–H and O–H groups in total. The van der Waals surface area contributed by atoms with Crippen LogP contribution in [0.4, 0.5) is 0 Å². The van der Waals surface area contributed by atoms with E-state index in [9.17, 15) is 61.0 Å². The molecule has 6 aliphatic rings. The van der Waals surface area contributed by atoms with Crippen molar-refractivity contribution in [3.05, 3.63) is 12.2 Å². The predicted molar refractivity (Wildman–Crippen MR) is 192 cm³/mol. The molecule has 0 aromatic heterocycles. The summed E-state index contributed by atoms with van der Waals surface area (Å²) in [5.41, 5.74) is 0. The average Bonchev–Trinajstić information content (AvgIpc) is 3.20. The van der Waals surface area contributed by atoms with Gasteiger partial charge >= 0.3 is 5.97 Å². The molecule has 21 atom stereocenters. The molecule has 6 rings (SSSR count). The van der Waals surface area contributed by atoms with Crippen LogP contribution in [0.5, 0.6) is 0 Å². The Morgan fingerprint density at radius 3 is 1.86 bits per heavy atom. The fourth-order valence-corrected chi connectivity index (χ4v) is 9.39. The number of methoxy groups -OCH3 is 2. The second kappa shape index (κ2) is 20.1. The van der Waals surface area contributed by atoms with Crippen LogP contribution in [-0.4, -0.2) is 212 Å². The van der Waals surface area contributed by atoms with Crippen molar-refractivity contribution in [2.24, 2.45) is 17.8 Å². The van der Waals surface area contributed by atoms with Crippen LogP contribution in [0, 0.1) is 17.8 Å². The third-order valence-corrected chi connectivity index (χ3v) is 12.9. The van der Waals surface area contributed by atoms with Crippen LogP contribution in [0.15, 0.2) is 12.2 Å². The van der Waals surface area contributed by atoms with Gasteiger partial charge in [0, 0.05) is 26.2 Å². The van der Waals surface area contributed by atoms with Gasteiger partial charge in [-0.05, 0) is 63.2 Å². The first kappa shape index (κ1) is 46.0. The first-order chi connectivity index (χ1) is 27.6. The molecular weight excluding hydrogens is 776 g/mol. The van der Waals surface area contributed by atoms with E-state index in [2.05, 4.69) is 0 Å². The third-order valence-electron chi connectivity index (χ3n) is 12.9. The Balaban J connectivity index is 1.06. The topological polar surface area (TPSA) is 313 Å². The van der Waals surface area contributed by atoms with Crippen molar-refractivity contribution < 1.29 is 98.9 Å². The van der Waals surface area contributed by atoms with Crippen molar-refractivity contribution in [2.45, 2.75) is 174 Å². The van der Waals surface area contributed by atoms with E-state index in [0.717, 1.165) is 0 Å². The molecule has 0 aromatic carbocycles. The molecule has 334 valence electrons. The Morgan fingerprint density at radius 2 is 1.22 bits per heavy atom. The van der Waals surface area contributed by atoms with Crippen LogP contribution in [0.2, 0.25) is 0 Å². The van der Waals surface area contributed by atoms with Gasteiger partial charge < -0.3 is 94.1 Å². The summed E-state index contributed by atoms with van der Waals surface area (Å²) < 4.78 is 45.9. The normalized spacial score (nSPS) is 50.3. The number of carbonyl (C=O) groups excluding carboxylic acids is 1. The Morgan fingerprint density at radius 1 is 0.603 bits per heavy atom. The maximum Gasteiger partial charge on any atom is 0.330 e. The molecule has 3 heterocycles. The fraction of sp³-hybridized carbons (Fsp3) is 0.921. The number of hydrogen-bond donors (Lipinski definition) is 11. The van der Waals surface area contributed by atoms with E-state index in [4.69, 9.17) is 37.9 Å². The quantitative estimate of drug-likeness (QED) is 0.0655. The van der Waals surface area contributed by atoms with E-state index in [-0.39, 0.29) is 37.5 Å². The summed E-state index contributed by atoms with van der Waals surface area (Å²) >= 11 is 0. The first-order valence-electron chi connectivity index (χ1n) is 20.2. The zero-order chi connectivity index (χ0) is 42.0. The molecule has 11 unspecified atom stereocenters. The lowest BCUT2D eigenvalue weighted by atomic mass is 9.72. The molecule has 58 heavy (non-hydrogen) atoms. The van der Waals surface area contributed by atoms with Crippen molar-refractivity contribution in [1.82, 2.24) is 0 Å². The fourth-order valence-electron chi connectivity index (χ4n) is 9.39. The van der Waals surface area contributed by atoms with Crippen LogP contribution in [0.3, 0.4) is 0 Å². The number of fused-ring (bicyclic) bond motifs is 1. The van der Waals surface area contributed by atoms with Gasteiger partial charge in [0.05, 0.1) is 61.5 Å². The number of carbonyl (C=O) groups is 1. The number of hydrogen-bond acceptors (Lipinski definition) is 20. The third kappa shape index (κ3) is 10.4. The molecule has 3 saturated heterocycles. The summed E-state index contributed by atoms with van der Waals surface area (Å²) in [6, 6.07) is 0. The van der Waals surface area contributed by atoms with E-state index in [1.54, 1.807) is 6.08 Å². The minimum Gasteiger partial charge on any atom is -0.460 e. The van der Waals surface area contributed by atoms with Gasteiger partial charge in [-0.1, -0.05) is 6.08 Å². The second-order valence-corrected chi connectivity index (χ2v) is 16.7. The van der Waals surface area contributed by atoms with E-state index < -0.39 is 148 Å². The highest BCUT2D eigenvalue weighted by atomic mass is 16.7. The maximum absolute atomic E-state index is 12.6. The summed E-state index contributed by atoms with van der Waals surface area (Å²) in [6.45, 7) is -1.15. The van der Waals surface area contributed by atoms with Gasteiger partial charge in [-0.3, -0.25) is 0 Å². The van der Waals surface area contributed by atoms with Crippen LogP contribution in [0.1, 0.15) is 51.4 Å². The van der Waals surface area contributed by atoms with Crippen LogP contribution in [-0.2, 0) is 42.7 Å². The van der Waals surface area contributed by atoms with Gasteiger partial charge in [-0.25, -0.2) is 4.79 Å². The standard InChI is InChI=1S/C38H62O20/c1-51-23-7-15(8-24(52-2)29(23)44)3-6-28(43)53-13-26-30(45)32(47)34(49)37(57-26)54-14-27-31(46)33(48)35(50)38(58-27)56-25-12-18-20(41)10-17(39)11-22(18)55-36(25)16-4-5-19(40)21(42)9-16/h3,6,15-27,29-42,44-50H,4-5,7-14H2,1-2H3/t15?,16?,17?,18?,19?,20?,21?,22?,23?,24?,25?,26-,27-,29?,30-,31-,32+,33+,34-,35-,36?,37-,38-/m1/s1. The smallest absolute Gasteiger partial charge is 0.330 e. The van der Waals surface area contributed by atoms with Gasteiger partial charge in [0.1, 0.15) is 61.5 Å². The summed E-state index contributed by atoms with van der Waals surface area (Å²) in [4.78, 5) is 12.6. The van der Waals surface area contributed by atoms with Gasteiger partial charge in [0.15, 0.2) is 12.6 Å². The molecule has 0 spiro atoms. The maximum atomic E-state index is 12.6. The van der Waals surface area contributed by atoms with Crippen molar-refractivity contribution >= 4 is 5.97 Å². The van der Waals surface area contributed by atoms with Gasteiger partial charge in [-0.15, -0.1) is 0 Å². The molecule has 20 heteroatoms. The van der Waals surface area contributed by atoms with Crippen molar-refractivity contribution in [2.75, 3.05) is 27.4 Å². The lowest BCUT2D eigenvalue weighted by Crippen LogP contribution is -2.63. The zero-order valence-electron chi connectivity index (χ0n) is 32.6. The van der Waals surface area contributed by atoms with Crippen LogP contribution in [0.25, 0.3) is 0 Å². The molecule has 0 aromatic rings. The van der Waals surface area contributed by atoms with Crippen LogP contribution < -0.4 is 0 Å². The minimum absolute atomic E-state index is 0.127. The molecule has 0 bridgehead atoms. The Hall–Kier alpha value is -1.51. The number of ether oxygens (including phenoxy) is 8. The number of aliphatic hydroxyl groups excluding tert-OH is 11. The summed E-state index contributed by atoms with van der Waals surface area (Å²) in [5, 5.41) is 117. The number of rotatable bonds is 12. The Bertz CT molecular complexity index is 1330. The zero-order valence-corrected chi connectivity index (χ0v) is 32.6. The number of aliphatic hydroxyl groups is 11. The second-order valence-electron chi connectivity index (χ2n) is 16.7. The SMILES string of the molecule is COC1CC(C=CC(=O)OC[C@H]2O[C@@H](OC[C@H]3O[C@@H](OC4CC5C(O)CC(O)CC5OC4C4CCC(O)C(O)C4)[C@H](O)[C@@H](O)[C@@H]3O)[C@H](O)[C@@H](O)[C@@H]2O)CC(OC)C1O. The average molecular weight is 839 g/mol. The highest BCUT2D eigenvalue weighted by Gasteiger charge is 2.53. The molecule has 6 fully saturated rings. The molecule has 3 aliphatic carbocycles. The Kier molecular flexibility index (Phi) is 16.0. The van der Waals surface area contributed by atoms with E-state index in [1.807, 2.05) is 0 Å². The Labute approximate surface area is 335 Å². The summed E-state index contributed by atoms with van der Waals surface area (Å²) in [5.74, 6) is -1.74. The molecule has 3 aliphatic heterocycles. The molecular formula is C38H62O20. The monoisotopic (exact) mass is 838 g/mol. The van der Waals surface area contributed by atoms with Gasteiger partial charge in [0.25, 0.3) is 0 Å². The minimum atomic E-state index is -1.81. The van der Waals surface area contributed by atoms with Crippen LogP contribution >= 0.6 is 0 Å². The highest BCUT2D eigenvalue weighted by Crippen LogP contribution is 2.43. The number of allylic oxidation sites excluding steroid dienone is 1.